The zero-order chi connectivity index (χ0) is 15.8. The normalized spacial score (nSPS) is 11.2. The molecule has 0 heterocycles. The molecule has 0 rings (SSSR count). The van der Waals surface area contributed by atoms with Crippen molar-refractivity contribution in [1.29, 1.82) is 0 Å². The first-order valence-corrected chi connectivity index (χ1v) is 9.04. The van der Waals surface area contributed by atoms with Crippen LogP contribution in [0.25, 0.3) is 0 Å². The molecule has 0 aromatic carbocycles. The Morgan fingerprint density at radius 3 is 1.71 bits per heavy atom. The van der Waals surface area contributed by atoms with Crippen LogP contribution in [-0.2, 0) is 0 Å². The number of unbranched alkanes of at least 4 members (excludes halogenated alkanes) is 9. The van der Waals surface area contributed by atoms with Gasteiger partial charge in [0.25, 0.3) is 0 Å². The highest BCUT2D eigenvalue weighted by Crippen LogP contribution is 2.08. The second-order valence-electron chi connectivity index (χ2n) is 6.03. The minimum Gasteiger partial charge on any atom is -0.304 e. The maximum absolute atomic E-state index is 10.2. The van der Waals surface area contributed by atoms with E-state index in [1.54, 1.807) is 0 Å². The Balaban J connectivity index is 3.34. The highest BCUT2D eigenvalue weighted by atomic mass is 16.6. The van der Waals surface area contributed by atoms with Crippen molar-refractivity contribution in [3.05, 3.63) is 10.1 Å². The molecule has 0 saturated heterocycles. The summed E-state index contributed by atoms with van der Waals surface area (Å²) in [5.74, 6) is 0. The van der Waals surface area contributed by atoms with E-state index in [2.05, 4.69) is 18.7 Å². The molecule has 21 heavy (non-hydrogen) atoms. The monoisotopic (exact) mass is 300 g/mol. The summed E-state index contributed by atoms with van der Waals surface area (Å²) in [6, 6.07) is 0. The Morgan fingerprint density at radius 1 is 0.762 bits per heavy atom. The van der Waals surface area contributed by atoms with Crippen molar-refractivity contribution in [2.45, 2.75) is 84.5 Å². The number of rotatable bonds is 16. The Morgan fingerprint density at radius 2 is 1.24 bits per heavy atom. The first-order chi connectivity index (χ1) is 10.2. The predicted molar refractivity (Wildman–Crippen MR) is 90.4 cm³/mol. The van der Waals surface area contributed by atoms with Crippen molar-refractivity contribution >= 4 is 0 Å². The Kier molecular flexibility index (Phi) is 15.3. The van der Waals surface area contributed by atoms with E-state index in [0.29, 0.717) is 0 Å². The SMILES string of the molecule is CCCCCCCCN(CC)CCCCCCC[N+](=O)[O-]. The maximum atomic E-state index is 10.2. The van der Waals surface area contributed by atoms with Gasteiger partial charge in [0.1, 0.15) is 0 Å². The number of hydrogen-bond acceptors (Lipinski definition) is 3. The fraction of sp³-hybridized carbons (Fsp3) is 1.00. The minimum absolute atomic E-state index is 0.138. The molecule has 0 saturated carbocycles. The second kappa shape index (κ2) is 15.7. The topological polar surface area (TPSA) is 46.4 Å². The van der Waals surface area contributed by atoms with Crippen molar-refractivity contribution in [3.63, 3.8) is 0 Å². The van der Waals surface area contributed by atoms with E-state index in [9.17, 15) is 10.1 Å². The molecule has 4 heteroatoms. The standard InChI is InChI=1S/C17H36N2O2/c1-3-5-6-7-9-12-15-18(4-2)16-13-10-8-11-14-17-19(20)21/h3-17H2,1-2H3. The third-order valence-corrected chi connectivity index (χ3v) is 4.09. The van der Waals surface area contributed by atoms with E-state index in [1.165, 1.54) is 64.5 Å². The third kappa shape index (κ3) is 15.6. The van der Waals surface area contributed by atoms with E-state index in [0.717, 1.165) is 25.8 Å². The van der Waals surface area contributed by atoms with Crippen LogP contribution in [-0.4, -0.2) is 36.0 Å². The molecule has 0 aliphatic carbocycles. The fourth-order valence-corrected chi connectivity index (χ4v) is 2.65. The van der Waals surface area contributed by atoms with E-state index in [1.807, 2.05) is 0 Å². The molecular weight excluding hydrogens is 264 g/mol. The average molecular weight is 300 g/mol. The van der Waals surface area contributed by atoms with Gasteiger partial charge in [-0.05, 0) is 38.9 Å². The highest BCUT2D eigenvalue weighted by molar-refractivity contribution is 4.57. The van der Waals surface area contributed by atoms with E-state index in [-0.39, 0.29) is 11.5 Å². The van der Waals surface area contributed by atoms with Gasteiger partial charge in [0.15, 0.2) is 0 Å². The number of nitro groups is 1. The molecular formula is C17H36N2O2. The van der Waals surface area contributed by atoms with Gasteiger partial charge in [-0.15, -0.1) is 0 Å². The van der Waals surface area contributed by atoms with Crippen LogP contribution in [0.5, 0.6) is 0 Å². The molecule has 0 aromatic heterocycles. The maximum Gasteiger partial charge on any atom is 0.203 e. The zero-order valence-corrected chi connectivity index (χ0v) is 14.3. The first-order valence-electron chi connectivity index (χ1n) is 9.04. The fourth-order valence-electron chi connectivity index (χ4n) is 2.65. The molecule has 0 aromatic rings. The molecule has 0 N–H and O–H groups in total. The molecule has 0 radical (unpaired) electrons. The van der Waals surface area contributed by atoms with Gasteiger partial charge in [0.2, 0.25) is 6.54 Å². The summed E-state index contributed by atoms with van der Waals surface area (Å²) in [5, 5.41) is 10.2. The molecule has 0 aliphatic rings. The lowest BCUT2D eigenvalue weighted by atomic mass is 10.1. The molecule has 0 spiro atoms. The van der Waals surface area contributed by atoms with Crippen molar-refractivity contribution in [2.24, 2.45) is 0 Å². The summed E-state index contributed by atoms with van der Waals surface area (Å²) in [5.41, 5.74) is 0. The van der Waals surface area contributed by atoms with Crippen molar-refractivity contribution in [2.75, 3.05) is 26.2 Å². The molecule has 0 bridgehead atoms. The van der Waals surface area contributed by atoms with Gasteiger partial charge in [-0.3, -0.25) is 10.1 Å². The molecule has 0 atom stereocenters. The van der Waals surface area contributed by atoms with Crippen molar-refractivity contribution < 1.29 is 4.92 Å². The van der Waals surface area contributed by atoms with Crippen LogP contribution in [0.4, 0.5) is 0 Å². The van der Waals surface area contributed by atoms with Crippen LogP contribution in [0.1, 0.15) is 84.5 Å². The van der Waals surface area contributed by atoms with Gasteiger partial charge in [0, 0.05) is 11.3 Å². The van der Waals surface area contributed by atoms with Crippen molar-refractivity contribution in [1.82, 2.24) is 4.90 Å². The summed E-state index contributed by atoms with van der Waals surface area (Å²) in [4.78, 5) is 12.5. The van der Waals surface area contributed by atoms with Gasteiger partial charge < -0.3 is 4.90 Å². The van der Waals surface area contributed by atoms with Gasteiger partial charge in [0.05, 0.1) is 0 Å². The summed E-state index contributed by atoms with van der Waals surface area (Å²) in [6.45, 7) is 8.23. The molecule has 0 aliphatic heterocycles. The minimum atomic E-state index is -0.209. The average Bonchev–Trinajstić information content (AvgIpc) is 2.47. The van der Waals surface area contributed by atoms with Crippen LogP contribution in [0, 0.1) is 10.1 Å². The Hall–Kier alpha value is -0.640. The van der Waals surface area contributed by atoms with Crippen LogP contribution in [0.2, 0.25) is 0 Å². The quantitative estimate of drug-likeness (QED) is 0.231. The second-order valence-corrected chi connectivity index (χ2v) is 6.03. The first kappa shape index (κ1) is 20.4. The van der Waals surface area contributed by atoms with Crippen LogP contribution in [0.15, 0.2) is 0 Å². The van der Waals surface area contributed by atoms with Crippen LogP contribution in [0.3, 0.4) is 0 Å². The van der Waals surface area contributed by atoms with Gasteiger partial charge in [-0.2, -0.15) is 0 Å². The molecule has 0 amide bonds. The lowest BCUT2D eigenvalue weighted by molar-refractivity contribution is -0.480. The van der Waals surface area contributed by atoms with Crippen LogP contribution < -0.4 is 0 Å². The Bertz CT molecular complexity index is 235. The van der Waals surface area contributed by atoms with E-state index in [4.69, 9.17) is 0 Å². The number of hydrogen-bond donors (Lipinski definition) is 0. The largest absolute Gasteiger partial charge is 0.304 e. The summed E-state index contributed by atoms with van der Waals surface area (Å²) in [7, 11) is 0. The van der Waals surface area contributed by atoms with Crippen LogP contribution >= 0.6 is 0 Å². The summed E-state index contributed by atoms with van der Waals surface area (Å²) < 4.78 is 0. The lowest BCUT2D eigenvalue weighted by Gasteiger charge is -2.20. The molecule has 0 fully saturated rings. The smallest absolute Gasteiger partial charge is 0.203 e. The summed E-state index contributed by atoms with van der Waals surface area (Å²) >= 11 is 0. The molecule has 0 unspecified atom stereocenters. The summed E-state index contributed by atoms with van der Waals surface area (Å²) in [6.07, 6.45) is 13.5. The van der Waals surface area contributed by atoms with E-state index >= 15 is 0 Å². The zero-order valence-electron chi connectivity index (χ0n) is 14.3. The van der Waals surface area contributed by atoms with Gasteiger partial charge in [-0.25, -0.2) is 0 Å². The molecule has 4 nitrogen and oxygen atoms in total. The Labute approximate surface area is 131 Å². The predicted octanol–water partition coefficient (Wildman–Crippen LogP) is 4.90. The van der Waals surface area contributed by atoms with E-state index < -0.39 is 0 Å². The van der Waals surface area contributed by atoms with Crippen molar-refractivity contribution in [3.8, 4) is 0 Å². The molecule has 126 valence electrons. The highest BCUT2D eigenvalue weighted by Gasteiger charge is 2.02. The lowest BCUT2D eigenvalue weighted by Crippen LogP contribution is -2.25. The number of nitrogens with zero attached hydrogens (tertiary/aromatic N) is 2. The third-order valence-electron chi connectivity index (χ3n) is 4.09. The van der Waals surface area contributed by atoms with Gasteiger partial charge >= 0.3 is 0 Å². The van der Waals surface area contributed by atoms with Gasteiger partial charge in [-0.1, -0.05) is 58.8 Å².